The first-order valence-electron chi connectivity index (χ1n) is 6.98. The standard InChI is InChI=1S/C15H18N4O2/c1-2-21-9-12-18-13-14(19(12)7-8-20)10-5-3-4-6-11(10)17-15(13)16/h3-6,20H,2,7-9H2,1H3,(H2,16,17). The average Bonchev–Trinajstić information content (AvgIpc) is 2.85. The highest BCUT2D eigenvalue weighted by molar-refractivity contribution is 6.06. The molecule has 0 saturated heterocycles. The predicted octanol–water partition coefficient (Wildman–Crippen LogP) is 1.70. The maximum Gasteiger partial charge on any atom is 0.152 e. The zero-order valence-corrected chi connectivity index (χ0v) is 11.9. The predicted molar refractivity (Wildman–Crippen MR) is 81.9 cm³/mol. The molecule has 0 atom stereocenters. The zero-order chi connectivity index (χ0) is 14.8. The Morgan fingerprint density at radius 3 is 2.86 bits per heavy atom. The largest absolute Gasteiger partial charge is 0.395 e. The number of aliphatic hydroxyl groups excluding tert-OH is 1. The lowest BCUT2D eigenvalue weighted by atomic mass is 10.2. The Morgan fingerprint density at radius 2 is 2.10 bits per heavy atom. The van der Waals surface area contributed by atoms with E-state index in [2.05, 4.69) is 9.97 Å². The highest BCUT2D eigenvalue weighted by atomic mass is 16.5. The maximum absolute atomic E-state index is 9.35. The number of ether oxygens (including phenoxy) is 1. The van der Waals surface area contributed by atoms with Crippen LogP contribution in [0.4, 0.5) is 5.82 Å². The van der Waals surface area contributed by atoms with Gasteiger partial charge in [0.25, 0.3) is 0 Å². The fourth-order valence-corrected chi connectivity index (χ4v) is 2.55. The Hall–Kier alpha value is -2.18. The van der Waals surface area contributed by atoms with Gasteiger partial charge in [0.1, 0.15) is 17.9 Å². The van der Waals surface area contributed by atoms with Crippen LogP contribution in [0, 0.1) is 0 Å². The van der Waals surface area contributed by atoms with E-state index in [1.54, 1.807) is 0 Å². The molecule has 1 aromatic carbocycles. The molecule has 3 aromatic rings. The fraction of sp³-hybridized carbons (Fsp3) is 0.333. The first-order valence-corrected chi connectivity index (χ1v) is 6.98. The van der Waals surface area contributed by atoms with Gasteiger partial charge in [-0.15, -0.1) is 0 Å². The molecule has 0 aliphatic rings. The van der Waals surface area contributed by atoms with E-state index in [-0.39, 0.29) is 6.61 Å². The molecule has 0 aliphatic heterocycles. The number of nitrogens with zero attached hydrogens (tertiary/aromatic N) is 3. The van der Waals surface area contributed by atoms with Crippen molar-refractivity contribution in [2.45, 2.75) is 20.1 Å². The maximum atomic E-state index is 9.35. The van der Waals surface area contributed by atoms with Crippen LogP contribution in [0.3, 0.4) is 0 Å². The molecule has 2 heterocycles. The van der Waals surface area contributed by atoms with Crippen molar-refractivity contribution in [1.82, 2.24) is 14.5 Å². The van der Waals surface area contributed by atoms with Gasteiger partial charge in [-0.25, -0.2) is 9.97 Å². The molecule has 6 nitrogen and oxygen atoms in total. The number of hydrogen-bond donors (Lipinski definition) is 2. The highest BCUT2D eigenvalue weighted by Crippen LogP contribution is 2.28. The number of pyridine rings is 1. The summed E-state index contributed by atoms with van der Waals surface area (Å²) in [5.74, 6) is 1.16. The number of rotatable bonds is 5. The van der Waals surface area contributed by atoms with Crippen molar-refractivity contribution in [3.8, 4) is 0 Å². The molecular formula is C15H18N4O2. The topological polar surface area (TPSA) is 86.2 Å². The Bertz CT molecular complexity index is 782. The van der Waals surface area contributed by atoms with Crippen molar-refractivity contribution in [3.05, 3.63) is 30.1 Å². The van der Waals surface area contributed by atoms with Gasteiger partial charge in [0.15, 0.2) is 5.82 Å². The van der Waals surface area contributed by atoms with Crippen LogP contribution in [0.25, 0.3) is 21.9 Å². The molecule has 2 aromatic heterocycles. The molecule has 3 N–H and O–H groups in total. The smallest absolute Gasteiger partial charge is 0.152 e. The monoisotopic (exact) mass is 286 g/mol. The summed E-state index contributed by atoms with van der Waals surface area (Å²) in [6.45, 7) is 3.41. The molecule has 0 saturated carbocycles. The third-order valence-electron chi connectivity index (χ3n) is 3.45. The number of anilines is 1. The minimum Gasteiger partial charge on any atom is -0.395 e. The Morgan fingerprint density at radius 1 is 1.29 bits per heavy atom. The van der Waals surface area contributed by atoms with Gasteiger partial charge in [-0.3, -0.25) is 0 Å². The fourth-order valence-electron chi connectivity index (χ4n) is 2.55. The molecule has 110 valence electrons. The molecular weight excluding hydrogens is 268 g/mol. The molecule has 3 rings (SSSR count). The van der Waals surface area contributed by atoms with E-state index in [1.165, 1.54) is 0 Å². The van der Waals surface area contributed by atoms with Gasteiger partial charge in [0.2, 0.25) is 0 Å². The van der Waals surface area contributed by atoms with Crippen molar-refractivity contribution >= 4 is 27.8 Å². The number of para-hydroxylation sites is 1. The second kappa shape index (κ2) is 5.67. The summed E-state index contributed by atoms with van der Waals surface area (Å²) in [5.41, 5.74) is 8.43. The molecule has 6 heteroatoms. The molecule has 0 fully saturated rings. The lowest BCUT2D eigenvalue weighted by Crippen LogP contribution is -2.08. The van der Waals surface area contributed by atoms with Crippen molar-refractivity contribution in [2.24, 2.45) is 0 Å². The summed E-state index contributed by atoms with van der Waals surface area (Å²) in [7, 11) is 0. The molecule has 0 spiro atoms. The normalized spacial score (nSPS) is 11.5. The lowest BCUT2D eigenvalue weighted by molar-refractivity contribution is 0.125. The van der Waals surface area contributed by atoms with E-state index in [9.17, 15) is 5.11 Å². The van der Waals surface area contributed by atoms with E-state index in [1.807, 2.05) is 35.8 Å². The number of benzene rings is 1. The third kappa shape index (κ3) is 2.32. The summed E-state index contributed by atoms with van der Waals surface area (Å²) in [4.78, 5) is 8.96. The Kier molecular flexibility index (Phi) is 3.72. The summed E-state index contributed by atoms with van der Waals surface area (Å²) in [6.07, 6.45) is 0. The minimum absolute atomic E-state index is 0.0289. The van der Waals surface area contributed by atoms with Crippen LogP contribution in [-0.2, 0) is 17.9 Å². The number of nitrogen functional groups attached to an aromatic ring is 1. The summed E-state index contributed by atoms with van der Waals surface area (Å²) >= 11 is 0. The summed E-state index contributed by atoms with van der Waals surface area (Å²) in [5, 5.41) is 10.3. The lowest BCUT2D eigenvalue weighted by Gasteiger charge is -2.09. The number of aromatic nitrogens is 3. The van der Waals surface area contributed by atoms with E-state index in [4.69, 9.17) is 10.5 Å². The highest BCUT2D eigenvalue weighted by Gasteiger charge is 2.16. The number of hydrogen-bond acceptors (Lipinski definition) is 5. The molecule has 0 aliphatic carbocycles. The van der Waals surface area contributed by atoms with Gasteiger partial charge in [-0.05, 0) is 13.0 Å². The van der Waals surface area contributed by atoms with Crippen LogP contribution in [0.15, 0.2) is 24.3 Å². The second-order valence-corrected chi connectivity index (χ2v) is 4.75. The van der Waals surface area contributed by atoms with Gasteiger partial charge in [-0.2, -0.15) is 0 Å². The second-order valence-electron chi connectivity index (χ2n) is 4.75. The van der Waals surface area contributed by atoms with Crippen molar-refractivity contribution in [3.63, 3.8) is 0 Å². The van der Waals surface area contributed by atoms with Crippen LogP contribution >= 0.6 is 0 Å². The van der Waals surface area contributed by atoms with Gasteiger partial charge in [0, 0.05) is 18.5 Å². The van der Waals surface area contributed by atoms with Crippen molar-refractivity contribution in [2.75, 3.05) is 18.9 Å². The summed E-state index contributed by atoms with van der Waals surface area (Å²) in [6, 6.07) is 7.79. The van der Waals surface area contributed by atoms with Crippen molar-refractivity contribution in [1.29, 1.82) is 0 Å². The third-order valence-corrected chi connectivity index (χ3v) is 3.45. The minimum atomic E-state index is 0.0289. The molecule has 0 radical (unpaired) electrons. The zero-order valence-electron chi connectivity index (χ0n) is 11.9. The van der Waals surface area contributed by atoms with Crippen LogP contribution in [0.5, 0.6) is 0 Å². The Balaban J connectivity index is 2.32. The number of imidazole rings is 1. The SMILES string of the molecule is CCOCc1nc2c(N)nc3ccccc3c2n1CCO. The first kappa shape index (κ1) is 13.8. The van der Waals surface area contributed by atoms with E-state index in [0.717, 1.165) is 22.2 Å². The summed E-state index contributed by atoms with van der Waals surface area (Å²) < 4.78 is 7.43. The molecule has 0 bridgehead atoms. The van der Waals surface area contributed by atoms with E-state index >= 15 is 0 Å². The van der Waals surface area contributed by atoms with Crippen LogP contribution in [0.1, 0.15) is 12.7 Å². The van der Waals surface area contributed by atoms with Crippen LogP contribution in [0.2, 0.25) is 0 Å². The number of fused-ring (bicyclic) bond motifs is 3. The van der Waals surface area contributed by atoms with Gasteiger partial charge >= 0.3 is 0 Å². The quantitative estimate of drug-likeness (QED) is 0.745. The van der Waals surface area contributed by atoms with Gasteiger partial charge in [0.05, 0.1) is 17.6 Å². The first-order chi connectivity index (χ1) is 10.3. The van der Waals surface area contributed by atoms with Crippen LogP contribution < -0.4 is 5.73 Å². The van der Waals surface area contributed by atoms with Gasteiger partial charge < -0.3 is 20.1 Å². The number of aliphatic hydroxyl groups is 1. The van der Waals surface area contributed by atoms with E-state index < -0.39 is 0 Å². The molecule has 21 heavy (non-hydrogen) atoms. The van der Waals surface area contributed by atoms with Crippen molar-refractivity contribution < 1.29 is 9.84 Å². The molecule has 0 unspecified atom stereocenters. The average molecular weight is 286 g/mol. The van der Waals surface area contributed by atoms with E-state index in [0.29, 0.717) is 31.1 Å². The van der Waals surface area contributed by atoms with Crippen LogP contribution in [-0.4, -0.2) is 32.9 Å². The van der Waals surface area contributed by atoms with Gasteiger partial charge in [-0.1, -0.05) is 18.2 Å². The Labute approximate surface area is 122 Å². The molecule has 0 amide bonds. The number of nitrogens with two attached hydrogens (primary N) is 1.